The van der Waals surface area contributed by atoms with Crippen molar-refractivity contribution in [2.75, 3.05) is 4.90 Å². The summed E-state index contributed by atoms with van der Waals surface area (Å²) in [6.07, 6.45) is 0. The fourth-order valence-corrected chi connectivity index (χ4v) is 6.59. The highest BCUT2D eigenvalue weighted by Gasteiger charge is 2.17. The smallest absolute Gasteiger partial charge is 0.0462 e. The van der Waals surface area contributed by atoms with Crippen molar-refractivity contribution < 1.29 is 0 Å². The van der Waals surface area contributed by atoms with Gasteiger partial charge in [0.25, 0.3) is 0 Å². The number of hydrogen-bond donors (Lipinski definition) is 0. The van der Waals surface area contributed by atoms with Crippen molar-refractivity contribution in [3.8, 4) is 33.4 Å². The van der Waals surface area contributed by atoms with Crippen LogP contribution in [-0.2, 0) is 0 Å². The highest BCUT2D eigenvalue weighted by Crippen LogP contribution is 2.44. The highest BCUT2D eigenvalue weighted by molar-refractivity contribution is 6.21. The molecule has 0 spiro atoms. The van der Waals surface area contributed by atoms with Crippen molar-refractivity contribution in [1.82, 2.24) is 0 Å². The van der Waals surface area contributed by atoms with Gasteiger partial charge in [-0.3, -0.25) is 0 Å². The Morgan fingerprint density at radius 3 is 0.956 bits per heavy atom. The third-order valence-electron chi connectivity index (χ3n) is 8.66. The van der Waals surface area contributed by atoms with E-state index in [1.54, 1.807) is 0 Å². The van der Waals surface area contributed by atoms with Gasteiger partial charge >= 0.3 is 0 Å². The van der Waals surface area contributed by atoms with Gasteiger partial charge in [-0.2, -0.15) is 0 Å². The Balaban J connectivity index is 1.26. The molecular formula is C44H31N. The Labute approximate surface area is 264 Å². The van der Waals surface area contributed by atoms with E-state index in [0.717, 1.165) is 17.1 Å². The van der Waals surface area contributed by atoms with Crippen LogP contribution in [0.2, 0.25) is 0 Å². The van der Waals surface area contributed by atoms with Gasteiger partial charge in [-0.05, 0) is 91.3 Å². The fourth-order valence-electron chi connectivity index (χ4n) is 6.59. The number of hydrogen-bond acceptors (Lipinski definition) is 1. The molecule has 0 saturated heterocycles. The van der Waals surface area contributed by atoms with Gasteiger partial charge < -0.3 is 4.90 Å². The van der Waals surface area contributed by atoms with E-state index >= 15 is 0 Å². The van der Waals surface area contributed by atoms with Crippen LogP contribution in [0.15, 0.2) is 188 Å². The van der Waals surface area contributed by atoms with E-state index in [-0.39, 0.29) is 0 Å². The van der Waals surface area contributed by atoms with Crippen LogP contribution >= 0.6 is 0 Å². The van der Waals surface area contributed by atoms with Crippen LogP contribution in [0.3, 0.4) is 0 Å². The summed E-state index contributed by atoms with van der Waals surface area (Å²) < 4.78 is 0. The molecule has 0 fully saturated rings. The van der Waals surface area contributed by atoms with Crippen LogP contribution in [-0.4, -0.2) is 0 Å². The Hall–Kier alpha value is -5.92. The molecule has 0 saturated carbocycles. The zero-order valence-corrected chi connectivity index (χ0v) is 24.8. The zero-order chi connectivity index (χ0) is 30.0. The highest BCUT2D eigenvalue weighted by atomic mass is 15.1. The Morgan fingerprint density at radius 1 is 0.222 bits per heavy atom. The summed E-state index contributed by atoms with van der Waals surface area (Å²) in [5.74, 6) is 0. The molecule has 0 aliphatic heterocycles. The number of anilines is 3. The van der Waals surface area contributed by atoms with E-state index in [4.69, 9.17) is 0 Å². The van der Waals surface area contributed by atoms with Crippen molar-refractivity contribution >= 4 is 38.6 Å². The lowest BCUT2D eigenvalue weighted by Crippen LogP contribution is -2.09. The van der Waals surface area contributed by atoms with E-state index in [9.17, 15) is 0 Å². The summed E-state index contributed by atoms with van der Waals surface area (Å²) in [5.41, 5.74) is 10.8. The summed E-state index contributed by atoms with van der Waals surface area (Å²) in [6.45, 7) is 0. The standard InChI is InChI=1S/C44H31N/c1-4-14-32(15-5-1)33-24-28-37(29-25-33)45(36-18-8-3-9-19-36)38-30-26-35(27-31-38)44-41-22-12-10-20-39(41)43(34-16-6-2-7-17-34)40-21-11-13-23-42(40)44/h1-31H. The first-order valence-electron chi connectivity index (χ1n) is 15.5. The first-order valence-corrected chi connectivity index (χ1v) is 15.5. The summed E-state index contributed by atoms with van der Waals surface area (Å²) >= 11 is 0. The van der Waals surface area contributed by atoms with Gasteiger partial charge in [-0.15, -0.1) is 0 Å². The summed E-state index contributed by atoms with van der Waals surface area (Å²) in [6, 6.07) is 67.5. The first-order chi connectivity index (χ1) is 22.3. The monoisotopic (exact) mass is 573 g/mol. The molecule has 0 radical (unpaired) electrons. The number of fused-ring (bicyclic) bond motifs is 2. The molecule has 0 aromatic heterocycles. The van der Waals surface area contributed by atoms with Crippen molar-refractivity contribution in [3.63, 3.8) is 0 Å². The minimum Gasteiger partial charge on any atom is -0.311 e. The van der Waals surface area contributed by atoms with Gasteiger partial charge in [0.15, 0.2) is 0 Å². The lowest BCUT2D eigenvalue weighted by atomic mass is 9.86. The molecular weight excluding hydrogens is 542 g/mol. The minimum absolute atomic E-state index is 1.12. The van der Waals surface area contributed by atoms with Crippen molar-refractivity contribution in [3.05, 3.63) is 188 Å². The molecule has 0 bridgehead atoms. The van der Waals surface area contributed by atoms with E-state index in [0.29, 0.717) is 0 Å². The summed E-state index contributed by atoms with van der Waals surface area (Å²) in [7, 11) is 0. The molecule has 0 aliphatic carbocycles. The predicted octanol–water partition coefficient (Wildman–Crippen LogP) is 12.5. The molecule has 45 heavy (non-hydrogen) atoms. The zero-order valence-electron chi connectivity index (χ0n) is 24.8. The van der Waals surface area contributed by atoms with E-state index in [2.05, 4.69) is 193 Å². The van der Waals surface area contributed by atoms with Crippen LogP contribution in [0.25, 0.3) is 54.9 Å². The average Bonchev–Trinajstić information content (AvgIpc) is 3.12. The molecule has 0 unspecified atom stereocenters. The van der Waals surface area contributed by atoms with Gasteiger partial charge in [0.2, 0.25) is 0 Å². The second kappa shape index (κ2) is 11.6. The number of benzene rings is 8. The molecule has 212 valence electrons. The van der Waals surface area contributed by atoms with Crippen LogP contribution < -0.4 is 4.90 Å². The molecule has 0 aliphatic rings. The Bertz CT molecular complexity index is 2160. The van der Waals surface area contributed by atoms with Gasteiger partial charge in [0.05, 0.1) is 0 Å². The van der Waals surface area contributed by atoms with E-state index in [1.807, 2.05) is 0 Å². The van der Waals surface area contributed by atoms with Crippen molar-refractivity contribution in [2.24, 2.45) is 0 Å². The lowest BCUT2D eigenvalue weighted by molar-refractivity contribution is 1.28. The topological polar surface area (TPSA) is 3.24 Å². The maximum absolute atomic E-state index is 2.33. The molecule has 1 nitrogen and oxygen atoms in total. The normalized spacial score (nSPS) is 11.1. The van der Waals surface area contributed by atoms with Gasteiger partial charge in [-0.1, -0.05) is 152 Å². The molecule has 0 heterocycles. The third kappa shape index (κ3) is 4.95. The summed E-state index contributed by atoms with van der Waals surface area (Å²) in [5, 5.41) is 5.07. The molecule has 0 N–H and O–H groups in total. The van der Waals surface area contributed by atoms with Crippen LogP contribution in [0, 0.1) is 0 Å². The molecule has 0 atom stereocenters. The van der Waals surface area contributed by atoms with Gasteiger partial charge in [0.1, 0.15) is 0 Å². The second-order valence-corrected chi connectivity index (χ2v) is 11.3. The van der Waals surface area contributed by atoms with E-state index < -0.39 is 0 Å². The molecule has 1 heteroatoms. The van der Waals surface area contributed by atoms with Crippen molar-refractivity contribution in [1.29, 1.82) is 0 Å². The number of rotatable bonds is 6. The number of nitrogens with zero attached hydrogens (tertiary/aromatic N) is 1. The minimum atomic E-state index is 1.12. The fraction of sp³-hybridized carbons (Fsp3) is 0. The van der Waals surface area contributed by atoms with Crippen LogP contribution in [0.4, 0.5) is 17.1 Å². The van der Waals surface area contributed by atoms with E-state index in [1.165, 1.54) is 54.9 Å². The lowest BCUT2D eigenvalue weighted by Gasteiger charge is -2.26. The second-order valence-electron chi connectivity index (χ2n) is 11.3. The summed E-state index contributed by atoms with van der Waals surface area (Å²) in [4.78, 5) is 2.33. The maximum Gasteiger partial charge on any atom is 0.0462 e. The van der Waals surface area contributed by atoms with Gasteiger partial charge in [0, 0.05) is 17.1 Å². The van der Waals surface area contributed by atoms with Crippen LogP contribution in [0.5, 0.6) is 0 Å². The Kier molecular flexibility index (Phi) is 6.90. The van der Waals surface area contributed by atoms with Gasteiger partial charge in [-0.25, -0.2) is 0 Å². The quantitative estimate of drug-likeness (QED) is 0.179. The number of para-hydroxylation sites is 1. The SMILES string of the molecule is c1ccc(-c2ccc(N(c3ccccc3)c3ccc(-c4c5ccccc5c(-c5ccccc5)c5ccccc45)cc3)cc2)cc1. The molecule has 0 amide bonds. The largest absolute Gasteiger partial charge is 0.311 e. The van der Waals surface area contributed by atoms with Crippen LogP contribution in [0.1, 0.15) is 0 Å². The van der Waals surface area contributed by atoms with Crippen molar-refractivity contribution in [2.45, 2.75) is 0 Å². The third-order valence-corrected chi connectivity index (χ3v) is 8.66. The molecule has 8 rings (SSSR count). The molecule has 8 aromatic carbocycles. The average molecular weight is 574 g/mol. The first kappa shape index (κ1) is 26.7. The molecule has 8 aromatic rings. The predicted molar refractivity (Wildman–Crippen MR) is 192 cm³/mol. The maximum atomic E-state index is 2.33. The Morgan fingerprint density at radius 2 is 0.511 bits per heavy atom.